The summed E-state index contributed by atoms with van der Waals surface area (Å²) in [4.78, 5) is 4.32. The van der Waals surface area contributed by atoms with Gasteiger partial charge in [-0.3, -0.25) is 4.98 Å². The van der Waals surface area contributed by atoms with Gasteiger partial charge < -0.3 is 9.84 Å². The molecule has 0 radical (unpaired) electrons. The smallest absolute Gasteiger partial charge is 0.129 e. The van der Waals surface area contributed by atoms with E-state index in [-0.39, 0.29) is 0 Å². The van der Waals surface area contributed by atoms with Crippen LogP contribution in [0.4, 0.5) is 0 Å². The Labute approximate surface area is 123 Å². The number of rotatable bonds is 4. The van der Waals surface area contributed by atoms with Crippen LogP contribution < -0.4 is 4.74 Å². The van der Waals surface area contributed by atoms with Crippen molar-refractivity contribution in [3.63, 3.8) is 0 Å². The molecule has 0 saturated carbocycles. The van der Waals surface area contributed by atoms with E-state index in [1.165, 1.54) is 0 Å². The lowest BCUT2D eigenvalue weighted by Crippen LogP contribution is -1.94. The summed E-state index contributed by atoms with van der Waals surface area (Å²) in [6.45, 7) is 1.96. The molecule has 1 aromatic heterocycles. The fraction of sp³-hybridized carbons (Fsp3) is 0.167. The standard InChI is InChI=1S/C18H17NO2/c1-2-18(20)14-6-8-15(9-7-14)21-16-10-5-13-4-3-11-19-17(13)12-16/h3-12,18,20H,2H2,1H3. The van der Waals surface area contributed by atoms with Gasteiger partial charge in [-0.2, -0.15) is 0 Å². The molecule has 3 nitrogen and oxygen atoms in total. The fourth-order valence-electron chi connectivity index (χ4n) is 2.24. The SMILES string of the molecule is CCC(O)c1ccc(Oc2ccc3cccnc3c2)cc1. The highest BCUT2D eigenvalue weighted by Crippen LogP contribution is 2.26. The van der Waals surface area contributed by atoms with E-state index in [4.69, 9.17) is 4.74 Å². The summed E-state index contributed by atoms with van der Waals surface area (Å²) in [5.74, 6) is 1.50. The second kappa shape index (κ2) is 5.94. The first-order chi connectivity index (χ1) is 10.3. The monoisotopic (exact) mass is 279 g/mol. The molecule has 106 valence electrons. The number of fused-ring (bicyclic) bond motifs is 1. The Kier molecular flexibility index (Phi) is 3.84. The molecule has 0 bridgehead atoms. The molecule has 0 fully saturated rings. The van der Waals surface area contributed by atoms with Crippen LogP contribution in [0.2, 0.25) is 0 Å². The molecule has 3 rings (SSSR count). The topological polar surface area (TPSA) is 42.4 Å². The molecule has 1 unspecified atom stereocenters. The molecule has 3 aromatic rings. The third-order valence-electron chi connectivity index (χ3n) is 3.46. The van der Waals surface area contributed by atoms with E-state index in [1.54, 1.807) is 6.20 Å². The number of aliphatic hydroxyl groups is 1. The van der Waals surface area contributed by atoms with Gasteiger partial charge in [-0.1, -0.05) is 25.1 Å². The third-order valence-corrected chi connectivity index (χ3v) is 3.46. The highest BCUT2D eigenvalue weighted by molar-refractivity contribution is 5.79. The number of benzene rings is 2. The van der Waals surface area contributed by atoms with Gasteiger partial charge in [-0.05, 0) is 42.3 Å². The lowest BCUT2D eigenvalue weighted by Gasteiger charge is -2.10. The lowest BCUT2D eigenvalue weighted by molar-refractivity contribution is 0.173. The first-order valence-corrected chi connectivity index (χ1v) is 7.07. The summed E-state index contributed by atoms with van der Waals surface area (Å²) in [5.41, 5.74) is 1.82. The third kappa shape index (κ3) is 3.03. The maximum atomic E-state index is 9.78. The summed E-state index contributed by atoms with van der Waals surface area (Å²) in [5, 5.41) is 10.9. The number of hydrogen-bond acceptors (Lipinski definition) is 3. The minimum absolute atomic E-state index is 0.413. The van der Waals surface area contributed by atoms with Crippen molar-refractivity contribution in [2.24, 2.45) is 0 Å². The van der Waals surface area contributed by atoms with Crippen molar-refractivity contribution in [3.8, 4) is 11.5 Å². The van der Waals surface area contributed by atoms with E-state index in [9.17, 15) is 5.11 Å². The van der Waals surface area contributed by atoms with Crippen LogP contribution >= 0.6 is 0 Å². The van der Waals surface area contributed by atoms with E-state index >= 15 is 0 Å². The van der Waals surface area contributed by atoms with Crippen LogP contribution in [0.3, 0.4) is 0 Å². The van der Waals surface area contributed by atoms with Crippen molar-refractivity contribution < 1.29 is 9.84 Å². The Balaban J connectivity index is 1.81. The molecular weight excluding hydrogens is 262 g/mol. The Morgan fingerprint density at radius 1 is 1.05 bits per heavy atom. The molecule has 0 aliphatic rings. The Bertz CT molecular complexity index is 738. The summed E-state index contributed by atoms with van der Waals surface area (Å²) >= 11 is 0. The van der Waals surface area contributed by atoms with Crippen LogP contribution in [0.15, 0.2) is 60.8 Å². The highest BCUT2D eigenvalue weighted by atomic mass is 16.5. The Hall–Kier alpha value is -2.39. The van der Waals surface area contributed by atoms with Gasteiger partial charge in [0.2, 0.25) is 0 Å². The second-order valence-corrected chi connectivity index (χ2v) is 4.95. The van der Waals surface area contributed by atoms with Gasteiger partial charge in [0.1, 0.15) is 11.5 Å². The summed E-state index contributed by atoms with van der Waals surface area (Å²) < 4.78 is 5.83. The second-order valence-electron chi connectivity index (χ2n) is 4.95. The molecule has 0 saturated heterocycles. The van der Waals surface area contributed by atoms with E-state index < -0.39 is 6.10 Å². The van der Waals surface area contributed by atoms with E-state index in [0.29, 0.717) is 6.42 Å². The first-order valence-electron chi connectivity index (χ1n) is 7.07. The van der Waals surface area contributed by atoms with Gasteiger partial charge in [0, 0.05) is 17.6 Å². The summed E-state index contributed by atoms with van der Waals surface area (Å²) in [6.07, 6.45) is 2.06. The maximum absolute atomic E-state index is 9.78. The molecule has 1 atom stereocenters. The maximum Gasteiger partial charge on any atom is 0.129 e. The van der Waals surface area contributed by atoms with Gasteiger partial charge in [0.05, 0.1) is 11.6 Å². The van der Waals surface area contributed by atoms with Gasteiger partial charge in [-0.25, -0.2) is 0 Å². The van der Waals surface area contributed by atoms with E-state index in [0.717, 1.165) is 28.0 Å². The van der Waals surface area contributed by atoms with Gasteiger partial charge in [-0.15, -0.1) is 0 Å². The number of hydrogen-bond donors (Lipinski definition) is 1. The number of aromatic nitrogens is 1. The summed E-state index contributed by atoms with van der Waals surface area (Å²) in [6, 6.07) is 17.3. The first kappa shape index (κ1) is 13.6. The van der Waals surface area contributed by atoms with E-state index in [2.05, 4.69) is 4.98 Å². The molecule has 2 aromatic carbocycles. The average Bonchev–Trinajstić information content (AvgIpc) is 2.55. The minimum Gasteiger partial charge on any atom is -0.457 e. The number of pyridine rings is 1. The Morgan fingerprint density at radius 2 is 1.81 bits per heavy atom. The van der Waals surface area contributed by atoms with Crippen molar-refractivity contribution in [2.75, 3.05) is 0 Å². The zero-order valence-corrected chi connectivity index (χ0v) is 11.9. The number of ether oxygens (including phenoxy) is 1. The molecule has 1 N–H and O–H groups in total. The molecule has 1 heterocycles. The predicted molar refractivity (Wildman–Crippen MR) is 83.5 cm³/mol. The van der Waals surface area contributed by atoms with Crippen LogP contribution in [0.25, 0.3) is 10.9 Å². The lowest BCUT2D eigenvalue weighted by atomic mass is 10.1. The largest absolute Gasteiger partial charge is 0.457 e. The molecule has 21 heavy (non-hydrogen) atoms. The number of nitrogens with zero attached hydrogens (tertiary/aromatic N) is 1. The Morgan fingerprint density at radius 3 is 2.57 bits per heavy atom. The highest BCUT2D eigenvalue weighted by Gasteiger charge is 2.05. The molecular formula is C18H17NO2. The van der Waals surface area contributed by atoms with Crippen molar-refractivity contribution in [1.82, 2.24) is 4.98 Å². The minimum atomic E-state index is -0.413. The van der Waals surface area contributed by atoms with Crippen molar-refractivity contribution in [1.29, 1.82) is 0 Å². The normalized spacial score (nSPS) is 12.3. The quantitative estimate of drug-likeness (QED) is 0.766. The predicted octanol–water partition coefficient (Wildman–Crippen LogP) is 4.47. The molecule has 0 spiro atoms. The summed E-state index contributed by atoms with van der Waals surface area (Å²) in [7, 11) is 0. The zero-order valence-electron chi connectivity index (χ0n) is 11.9. The van der Waals surface area contributed by atoms with Crippen LogP contribution in [-0.2, 0) is 0 Å². The zero-order chi connectivity index (χ0) is 14.7. The molecule has 0 amide bonds. The van der Waals surface area contributed by atoms with Crippen molar-refractivity contribution >= 4 is 10.9 Å². The number of aliphatic hydroxyl groups excluding tert-OH is 1. The van der Waals surface area contributed by atoms with E-state index in [1.807, 2.05) is 61.5 Å². The molecule has 0 aliphatic heterocycles. The molecule has 0 aliphatic carbocycles. The van der Waals surface area contributed by atoms with Crippen LogP contribution in [-0.4, -0.2) is 10.1 Å². The van der Waals surface area contributed by atoms with Crippen LogP contribution in [0, 0.1) is 0 Å². The fourth-order valence-corrected chi connectivity index (χ4v) is 2.24. The molecule has 3 heteroatoms. The van der Waals surface area contributed by atoms with Crippen molar-refractivity contribution in [2.45, 2.75) is 19.4 Å². The van der Waals surface area contributed by atoms with Gasteiger partial charge in [0.15, 0.2) is 0 Å². The van der Waals surface area contributed by atoms with Crippen LogP contribution in [0.5, 0.6) is 11.5 Å². The average molecular weight is 279 g/mol. The van der Waals surface area contributed by atoms with Gasteiger partial charge in [0.25, 0.3) is 0 Å². The van der Waals surface area contributed by atoms with Crippen LogP contribution in [0.1, 0.15) is 25.0 Å². The van der Waals surface area contributed by atoms with Crippen molar-refractivity contribution in [3.05, 3.63) is 66.4 Å². The van der Waals surface area contributed by atoms with Gasteiger partial charge >= 0.3 is 0 Å².